The molecule has 0 heterocycles. The molecule has 0 spiro atoms. The van der Waals surface area contributed by atoms with Gasteiger partial charge in [-0.3, -0.25) is 0 Å². The Balaban J connectivity index is 2.04. The predicted molar refractivity (Wildman–Crippen MR) is 111 cm³/mol. The first-order valence-corrected chi connectivity index (χ1v) is 9.42. The number of fused-ring (bicyclic) bond motifs is 1. The second-order valence-corrected chi connectivity index (χ2v) is 7.76. The third kappa shape index (κ3) is 3.65. The van der Waals surface area contributed by atoms with Crippen LogP contribution in [-0.2, 0) is 0 Å². The second-order valence-electron chi connectivity index (χ2n) is 5.18. The third-order valence-electron chi connectivity index (χ3n) is 3.63. The van der Waals surface area contributed by atoms with Gasteiger partial charge in [-0.25, -0.2) is 0 Å². The Bertz CT molecular complexity index is 952. The highest BCUT2D eigenvalue weighted by molar-refractivity contribution is 9.11. The Hall–Kier alpha value is -1.00. The minimum Gasteiger partial charge on any atom is -0.495 e. The van der Waals surface area contributed by atoms with Crippen molar-refractivity contribution in [3.63, 3.8) is 0 Å². The zero-order valence-electron chi connectivity index (χ0n) is 12.6. The van der Waals surface area contributed by atoms with Crippen molar-refractivity contribution in [2.24, 2.45) is 0 Å². The summed E-state index contributed by atoms with van der Waals surface area (Å²) in [6.45, 7) is 0. The van der Waals surface area contributed by atoms with E-state index < -0.39 is 0 Å². The Kier molecular flexibility index (Phi) is 5.56. The lowest BCUT2D eigenvalue weighted by atomic mass is 10.1. The van der Waals surface area contributed by atoms with Crippen LogP contribution in [-0.4, -0.2) is 7.11 Å². The first-order valence-electron chi connectivity index (χ1n) is 7.08. The fourth-order valence-electron chi connectivity index (χ4n) is 2.50. The summed E-state index contributed by atoms with van der Waals surface area (Å²) in [6, 6.07) is 13.8. The Morgan fingerprint density at radius 3 is 2.42 bits per heavy atom. The van der Waals surface area contributed by atoms with Gasteiger partial charge in [-0.2, -0.15) is 0 Å². The lowest BCUT2D eigenvalue weighted by Gasteiger charge is -2.08. The van der Waals surface area contributed by atoms with Crippen LogP contribution in [0.1, 0.15) is 11.1 Å². The number of ether oxygens (including phenoxy) is 1. The highest BCUT2D eigenvalue weighted by Gasteiger charge is 2.08. The predicted octanol–water partition coefficient (Wildman–Crippen LogP) is 7.85. The summed E-state index contributed by atoms with van der Waals surface area (Å²) in [6.07, 6.45) is 4.00. The lowest BCUT2D eigenvalue weighted by Crippen LogP contribution is -1.88. The normalized spacial score (nSPS) is 11.4. The van der Waals surface area contributed by atoms with Gasteiger partial charge in [0.1, 0.15) is 5.75 Å². The van der Waals surface area contributed by atoms with E-state index in [1.165, 1.54) is 0 Å². The van der Waals surface area contributed by atoms with Crippen molar-refractivity contribution < 1.29 is 4.74 Å². The van der Waals surface area contributed by atoms with Crippen LogP contribution in [0, 0.1) is 0 Å². The van der Waals surface area contributed by atoms with Gasteiger partial charge in [-0.1, -0.05) is 79.3 Å². The third-order valence-corrected chi connectivity index (χ3v) is 5.39. The fourth-order valence-corrected chi connectivity index (χ4v) is 4.10. The molecular formula is C19H12Br2Cl2O. The molecule has 3 aromatic carbocycles. The van der Waals surface area contributed by atoms with Crippen molar-refractivity contribution in [3.8, 4) is 5.75 Å². The van der Waals surface area contributed by atoms with E-state index in [2.05, 4.69) is 37.9 Å². The lowest BCUT2D eigenvalue weighted by molar-refractivity contribution is 0.414. The number of benzene rings is 3. The SMILES string of the molecule is COc1c(Cl)cc(Br)cc1C=Cc1ccc2c(Cl)ccc(Br)c2c1. The zero-order chi connectivity index (χ0) is 17.3. The van der Waals surface area contributed by atoms with Gasteiger partial charge in [0.15, 0.2) is 0 Å². The van der Waals surface area contributed by atoms with Crippen molar-refractivity contribution in [2.75, 3.05) is 7.11 Å². The minimum absolute atomic E-state index is 0.569. The summed E-state index contributed by atoms with van der Waals surface area (Å²) in [5, 5.41) is 3.40. The maximum Gasteiger partial charge on any atom is 0.144 e. The molecule has 0 saturated heterocycles. The molecule has 0 radical (unpaired) electrons. The van der Waals surface area contributed by atoms with Crippen LogP contribution in [0.4, 0.5) is 0 Å². The average molecular weight is 487 g/mol. The average Bonchev–Trinajstić information content (AvgIpc) is 2.56. The standard InChI is InChI=1S/C19H12Br2Cl2O/c1-24-19-12(9-13(20)10-18(19)23)4-2-11-3-5-14-15(8-11)16(21)6-7-17(14)22/h2-10H,1H3. The largest absolute Gasteiger partial charge is 0.495 e. The molecule has 0 bridgehead atoms. The summed E-state index contributed by atoms with van der Waals surface area (Å²) in [4.78, 5) is 0. The van der Waals surface area contributed by atoms with Crippen LogP contribution >= 0.6 is 55.1 Å². The highest BCUT2D eigenvalue weighted by atomic mass is 79.9. The van der Waals surface area contributed by atoms with Crippen LogP contribution in [0.3, 0.4) is 0 Å². The van der Waals surface area contributed by atoms with Gasteiger partial charge in [-0.15, -0.1) is 0 Å². The smallest absolute Gasteiger partial charge is 0.144 e. The summed E-state index contributed by atoms with van der Waals surface area (Å²) < 4.78 is 7.31. The van der Waals surface area contributed by atoms with Gasteiger partial charge in [-0.05, 0) is 41.3 Å². The molecule has 0 unspecified atom stereocenters. The summed E-state index contributed by atoms with van der Waals surface area (Å²) in [5.74, 6) is 0.654. The van der Waals surface area contributed by atoms with Gasteiger partial charge >= 0.3 is 0 Å². The van der Waals surface area contributed by atoms with Crippen molar-refractivity contribution >= 4 is 78.0 Å². The molecule has 0 fully saturated rings. The number of methoxy groups -OCH3 is 1. The van der Waals surface area contributed by atoms with Gasteiger partial charge in [0.2, 0.25) is 0 Å². The van der Waals surface area contributed by atoms with E-state index in [1.54, 1.807) is 7.11 Å². The number of halogens is 4. The van der Waals surface area contributed by atoms with E-state index in [-0.39, 0.29) is 0 Å². The first-order chi connectivity index (χ1) is 11.5. The Labute approximate surface area is 167 Å². The first kappa shape index (κ1) is 17.8. The second kappa shape index (κ2) is 7.49. The molecule has 0 atom stereocenters. The van der Waals surface area contributed by atoms with E-state index in [0.29, 0.717) is 10.8 Å². The topological polar surface area (TPSA) is 9.23 Å². The van der Waals surface area contributed by atoms with Crippen LogP contribution < -0.4 is 4.74 Å². The molecule has 0 saturated carbocycles. The van der Waals surface area contributed by atoms with E-state index in [1.807, 2.05) is 48.6 Å². The van der Waals surface area contributed by atoms with E-state index >= 15 is 0 Å². The van der Waals surface area contributed by atoms with Crippen molar-refractivity contribution in [3.05, 3.63) is 72.6 Å². The molecule has 3 aromatic rings. The quantitative estimate of drug-likeness (QED) is 0.342. The van der Waals surface area contributed by atoms with E-state index in [9.17, 15) is 0 Å². The highest BCUT2D eigenvalue weighted by Crippen LogP contribution is 2.34. The molecule has 0 aromatic heterocycles. The number of hydrogen-bond acceptors (Lipinski definition) is 1. The fraction of sp³-hybridized carbons (Fsp3) is 0.0526. The molecule has 3 rings (SSSR count). The molecular weight excluding hydrogens is 475 g/mol. The monoisotopic (exact) mass is 484 g/mol. The molecule has 5 heteroatoms. The molecule has 1 nitrogen and oxygen atoms in total. The molecule has 122 valence electrons. The van der Waals surface area contributed by atoms with E-state index in [4.69, 9.17) is 27.9 Å². The van der Waals surface area contributed by atoms with Crippen molar-refractivity contribution in [1.29, 1.82) is 0 Å². The van der Waals surface area contributed by atoms with Crippen LogP contribution in [0.15, 0.2) is 51.4 Å². The summed E-state index contributed by atoms with van der Waals surface area (Å²) in [5.41, 5.74) is 1.96. The molecule has 0 amide bonds. The number of rotatable bonds is 3. The van der Waals surface area contributed by atoms with Crippen LogP contribution in [0.2, 0.25) is 10.0 Å². The Morgan fingerprint density at radius 2 is 1.67 bits per heavy atom. The van der Waals surface area contributed by atoms with Crippen molar-refractivity contribution in [1.82, 2.24) is 0 Å². The van der Waals surface area contributed by atoms with Gasteiger partial charge in [0.25, 0.3) is 0 Å². The van der Waals surface area contributed by atoms with Gasteiger partial charge < -0.3 is 4.74 Å². The van der Waals surface area contributed by atoms with Crippen LogP contribution in [0.25, 0.3) is 22.9 Å². The summed E-state index contributed by atoms with van der Waals surface area (Å²) >= 11 is 19.5. The van der Waals surface area contributed by atoms with Gasteiger partial charge in [0, 0.05) is 24.9 Å². The molecule has 24 heavy (non-hydrogen) atoms. The maximum atomic E-state index is 6.25. The maximum absolute atomic E-state index is 6.25. The van der Waals surface area contributed by atoms with E-state index in [0.717, 1.165) is 35.9 Å². The van der Waals surface area contributed by atoms with Crippen LogP contribution in [0.5, 0.6) is 5.75 Å². The number of hydrogen-bond donors (Lipinski definition) is 0. The minimum atomic E-state index is 0.569. The summed E-state index contributed by atoms with van der Waals surface area (Å²) in [7, 11) is 1.61. The molecule has 0 aliphatic heterocycles. The zero-order valence-corrected chi connectivity index (χ0v) is 17.3. The molecule has 0 aliphatic rings. The van der Waals surface area contributed by atoms with Crippen molar-refractivity contribution in [2.45, 2.75) is 0 Å². The molecule has 0 aliphatic carbocycles. The molecule has 0 N–H and O–H groups in total. The van der Waals surface area contributed by atoms with Gasteiger partial charge in [0.05, 0.1) is 12.1 Å². The Morgan fingerprint density at radius 1 is 0.875 bits per heavy atom.